The van der Waals surface area contributed by atoms with Gasteiger partial charge in [-0.05, 0) is 24.5 Å². The summed E-state index contributed by atoms with van der Waals surface area (Å²) < 4.78 is 5.37. The normalized spacial score (nSPS) is 15.9. The number of ether oxygens (including phenoxy) is 1. The van der Waals surface area contributed by atoms with E-state index in [2.05, 4.69) is 29.2 Å². The number of para-hydroxylation sites is 1. The first-order valence-electron chi connectivity index (χ1n) is 6.26. The molecule has 1 aliphatic heterocycles. The van der Waals surface area contributed by atoms with Gasteiger partial charge in [0, 0.05) is 25.2 Å². The second-order valence-electron chi connectivity index (χ2n) is 4.29. The van der Waals surface area contributed by atoms with Crippen LogP contribution in [0.4, 0.5) is 5.69 Å². The zero-order valence-electron chi connectivity index (χ0n) is 10.1. The molecule has 1 saturated heterocycles. The van der Waals surface area contributed by atoms with Crippen molar-refractivity contribution in [3.63, 3.8) is 0 Å². The quantitative estimate of drug-likeness (QED) is 0.576. The smallest absolute Gasteiger partial charge is 0.120 e. The highest BCUT2D eigenvalue weighted by Crippen LogP contribution is 2.22. The molecule has 0 radical (unpaired) electrons. The lowest BCUT2D eigenvalue weighted by Gasteiger charge is -2.30. The molecule has 1 aromatic rings. The number of aryl methyl sites for hydroxylation is 1. The lowest BCUT2D eigenvalue weighted by atomic mass is 10.1. The fraction of sp³-hybridized carbons (Fsp3) is 0.500. The average molecular weight is 233 g/mol. The molecule has 17 heavy (non-hydrogen) atoms. The number of rotatable bonds is 5. The summed E-state index contributed by atoms with van der Waals surface area (Å²) in [6.45, 7) is 3.54. The first kappa shape index (κ1) is 12.1. The van der Waals surface area contributed by atoms with Crippen LogP contribution < -0.4 is 4.90 Å². The van der Waals surface area contributed by atoms with Gasteiger partial charge in [0.2, 0.25) is 0 Å². The summed E-state index contributed by atoms with van der Waals surface area (Å²) in [5.41, 5.74) is 2.65. The van der Waals surface area contributed by atoms with E-state index >= 15 is 0 Å². The van der Waals surface area contributed by atoms with Crippen LogP contribution in [0.1, 0.15) is 18.4 Å². The number of benzene rings is 1. The summed E-state index contributed by atoms with van der Waals surface area (Å²) >= 11 is 0. The van der Waals surface area contributed by atoms with Gasteiger partial charge in [-0.1, -0.05) is 18.2 Å². The number of aldehydes is 1. The Balaban J connectivity index is 2.06. The number of anilines is 1. The Bertz CT molecular complexity index is 359. The third-order valence-corrected chi connectivity index (χ3v) is 3.11. The Kier molecular flexibility index (Phi) is 4.56. The summed E-state index contributed by atoms with van der Waals surface area (Å²) in [6.07, 6.45) is 3.56. The van der Waals surface area contributed by atoms with Crippen molar-refractivity contribution < 1.29 is 9.53 Å². The van der Waals surface area contributed by atoms with Crippen LogP contribution in [0.25, 0.3) is 0 Å². The third-order valence-electron chi connectivity index (χ3n) is 3.11. The van der Waals surface area contributed by atoms with Crippen LogP contribution in [0.5, 0.6) is 0 Å². The van der Waals surface area contributed by atoms with E-state index in [0.717, 1.165) is 45.4 Å². The predicted octanol–water partition coefficient (Wildman–Crippen LogP) is 2.04. The highest BCUT2D eigenvalue weighted by Gasteiger charge is 2.13. The lowest BCUT2D eigenvalue weighted by Crippen LogP contribution is -2.36. The highest BCUT2D eigenvalue weighted by molar-refractivity contribution is 5.54. The fourth-order valence-electron chi connectivity index (χ4n) is 2.21. The minimum Gasteiger partial charge on any atom is -0.378 e. The van der Waals surface area contributed by atoms with Gasteiger partial charge in [0.15, 0.2) is 0 Å². The number of unbranched alkanes of at least 4 members (excludes halogenated alkanes) is 1. The van der Waals surface area contributed by atoms with Gasteiger partial charge in [0.05, 0.1) is 13.2 Å². The van der Waals surface area contributed by atoms with E-state index in [4.69, 9.17) is 4.74 Å². The van der Waals surface area contributed by atoms with Gasteiger partial charge in [-0.15, -0.1) is 0 Å². The predicted molar refractivity (Wildman–Crippen MR) is 68.5 cm³/mol. The van der Waals surface area contributed by atoms with Crippen LogP contribution in [0.2, 0.25) is 0 Å². The molecule has 92 valence electrons. The average Bonchev–Trinajstić information content (AvgIpc) is 2.41. The molecule has 1 aromatic carbocycles. The Morgan fingerprint density at radius 3 is 2.76 bits per heavy atom. The zero-order chi connectivity index (χ0) is 11.9. The monoisotopic (exact) mass is 233 g/mol. The van der Waals surface area contributed by atoms with Crippen LogP contribution in [0.3, 0.4) is 0 Å². The zero-order valence-corrected chi connectivity index (χ0v) is 10.1. The molecule has 2 rings (SSSR count). The van der Waals surface area contributed by atoms with Gasteiger partial charge >= 0.3 is 0 Å². The van der Waals surface area contributed by atoms with Gasteiger partial charge in [-0.3, -0.25) is 0 Å². The van der Waals surface area contributed by atoms with E-state index in [0.29, 0.717) is 6.42 Å². The molecular formula is C14H19NO2. The minimum absolute atomic E-state index is 0.650. The highest BCUT2D eigenvalue weighted by atomic mass is 16.5. The van der Waals surface area contributed by atoms with E-state index in [-0.39, 0.29) is 0 Å². The molecule has 1 aliphatic rings. The van der Waals surface area contributed by atoms with Crippen molar-refractivity contribution in [3.05, 3.63) is 29.8 Å². The standard InChI is InChI=1S/C14H19NO2/c16-10-4-3-6-13-5-1-2-7-14(13)15-8-11-17-12-9-15/h1-2,5,7,10H,3-4,6,8-9,11-12H2. The number of hydrogen-bond donors (Lipinski definition) is 0. The topological polar surface area (TPSA) is 29.5 Å². The largest absolute Gasteiger partial charge is 0.378 e. The molecule has 1 fully saturated rings. The molecule has 0 bridgehead atoms. The van der Waals surface area contributed by atoms with Gasteiger partial charge in [-0.25, -0.2) is 0 Å². The molecule has 0 saturated carbocycles. The molecule has 3 heteroatoms. The minimum atomic E-state index is 0.650. The Labute approximate surface area is 102 Å². The number of hydrogen-bond acceptors (Lipinski definition) is 3. The first-order valence-corrected chi connectivity index (χ1v) is 6.26. The molecule has 0 spiro atoms. The molecule has 0 aliphatic carbocycles. The Morgan fingerprint density at radius 2 is 2.00 bits per heavy atom. The van der Waals surface area contributed by atoms with Crippen molar-refractivity contribution in [2.45, 2.75) is 19.3 Å². The summed E-state index contributed by atoms with van der Waals surface area (Å²) in [4.78, 5) is 12.7. The van der Waals surface area contributed by atoms with E-state index in [1.807, 2.05) is 0 Å². The fourth-order valence-corrected chi connectivity index (χ4v) is 2.21. The summed E-state index contributed by atoms with van der Waals surface area (Å²) in [7, 11) is 0. The Hall–Kier alpha value is -1.35. The van der Waals surface area contributed by atoms with Crippen LogP contribution >= 0.6 is 0 Å². The Morgan fingerprint density at radius 1 is 1.24 bits per heavy atom. The number of carbonyl (C=O) groups excluding carboxylic acids is 1. The van der Waals surface area contributed by atoms with Crippen LogP contribution in [0, 0.1) is 0 Å². The second kappa shape index (κ2) is 6.40. The second-order valence-corrected chi connectivity index (χ2v) is 4.29. The van der Waals surface area contributed by atoms with Crippen LogP contribution in [-0.2, 0) is 16.0 Å². The SMILES string of the molecule is O=CCCCc1ccccc1N1CCOCC1. The summed E-state index contributed by atoms with van der Waals surface area (Å²) in [5.74, 6) is 0. The van der Waals surface area contributed by atoms with Crippen molar-refractivity contribution >= 4 is 12.0 Å². The molecule has 0 unspecified atom stereocenters. The summed E-state index contributed by atoms with van der Waals surface area (Å²) in [5, 5.41) is 0. The van der Waals surface area contributed by atoms with Crippen LogP contribution in [-0.4, -0.2) is 32.6 Å². The van der Waals surface area contributed by atoms with Crippen LogP contribution in [0.15, 0.2) is 24.3 Å². The van der Waals surface area contributed by atoms with Gasteiger partial charge in [0.1, 0.15) is 6.29 Å². The van der Waals surface area contributed by atoms with Crippen molar-refractivity contribution in [2.75, 3.05) is 31.2 Å². The number of carbonyl (C=O) groups is 1. The maximum absolute atomic E-state index is 10.4. The molecular weight excluding hydrogens is 214 g/mol. The lowest BCUT2D eigenvalue weighted by molar-refractivity contribution is -0.107. The molecule has 0 amide bonds. The molecule has 3 nitrogen and oxygen atoms in total. The van der Waals surface area contributed by atoms with E-state index < -0.39 is 0 Å². The third kappa shape index (κ3) is 3.30. The van der Waals surface area contributed by atoms with E-state index in [1.165, 1.54) is 11.3 Å². The van der Waals surface area contributed by atoms with Gasteiger partial charge in [0.25, 0.3) is 0 Å². The van der Waals surface area contributed by atoms with Crippen molar-refractivity contribution in [1.82, 2.24) is 0 Å². The van der Waals surface area contributed by atoms with Crippen molar-refractivity contribution in [2.24, 2.45) is 0 Å². The van der Waals surface area contributed by atoms with Gasteiger partial charge < -0.3 is 14.4 Å². The van der Waals surface area contributed by atoms with Crippen molar-refractivity contribution in [1.29, 1.82) is 0 Å². The van der Waals surface area contributed by atoms with Crippen molar-refractivity contribution in [3.8, 4) is 0 Å². The number of morpholine rings is 1. The summed E-state index contributed by atoms with van der Waals surface area (Å²) in [6, 6.07) is 8.48. The maximum atomic E-state index is 10.4. The first-order chi connectivity index (χ1) is 8.42. The van der Waals surface area contributed by atoms with Gasteiger partial charge in [-0.2, -0.15) is 0 Å². The molecule has 0 aromatic heterocycles. The number of nitrogens with zero attached hydrogens (tertiary/aromatic N) is 1. The van der Waals surface area contributed by atoms with E-state index in [1.54, 1.807) is 0 Å². The molecule has 0 N–H and O–H groups in total. The molecule has 0 atom stereocenters. The maximum Gasteiger partial charge on any atom is 0.120 e. The molecule has 1 heterocycles. The van der Waals surface area contributed by atoms with E-state index in [9.17, 15) is 4.79 Å².